The number of hydrogen-bond donors (Lipinski definition) is 1. The van der Waals surface area contributed by atoms with Crippen molar-refractivity contribution in [2.24, 2.45) is 0 Å². The Labute approximate surface area is 160 Å². The average molecular weight is 369 g/mol. The minimum absolute atomic E-state index is 0.0877. The van der Waals surface area contributed by atoms with Crippen LogP contribution in [0, 0.1) is 0 Å². The molecule has 1 aliphatic rings. The monoisotopic (exact) mass is 369 g/mol. The molecule has 27 heavy (non-hydrogen) atoms. The van der Waals surface area contributed by atoms with Gasteiger partial charge in [0.1, 0.15) is 6.61 Å². The van der Waals surface area contributed by atoms with Crippen LogP contribution >= 0.6 is 0 Å². The van der Waals surface area contributed by atoms with Crippen molar-refractivity contribution in [3.05, 3.63) is 59.2 Å². The zero-order valence-electron chi connectivity index (χ0n) is 16.0. The van der Waals surface area contributed by atoms with Crippen molar-refractivity contribution in [2.75, 3.05) is 20.3 Å². The van der Waals surface area contributed by atoms with Gasteiger partial charge in [-0.3, -0.25) is 4.79 Å². The summed E-state index contributed by atoms with van der Waals surface area (Å²) in [4.78, 5) is 12.3. The lowest BCUT2D eigenvalue weighted by atomic mass is 10.1. The minimum Gasteiger partial charge on any atom is -0.493 e. The number of ether oxygens (including phenoxy) is 3. The zero-order chi connectivity index (χ0) is 19.1. The molecule has 1 atom stereocenters. The molecule has 1 aliphatic heterocycles. The van der Waals surface area contributed by atoms with E-state index in [0.717, 1.165) is 31.4 Å². The molecular formula is C22H27NO4. The molecule has 1 amide bonds. The second kappa shape index (κ2) is 9.42. The topological polar surface area (TPSA) is 56.8 Å². The normalized spacial score (nSPS) is 16.1. The highest BCUT2D eigenvalue weighted by atomic mass is 16.5. The maximum absolute atomic E-state index is 12.3. The Balaban J connectivity index is 1.56. The van der Waals surface area contributed by atoms with Crippen LogP contribution in [0.2, 0.25) is 0 Å². The fraction of sp³-hybridized carbons (Fsp3) is 0.409. The molecule has 2 aromatic rings. The van der Waals surface area contributed by atoms with Crippen LogP contribution in [0.25, 0.3) is 0 Å². The standard InChI is InChI=1S/C22H27NO4/c1-3-16-6-9-18(10-7-16)22(24)23-14-17-8-11-20(21(13-17)25-2)27-15-19-5-4-12-26-19/h6-11,13,19H,3-5,12,14-15H2,1-2H3,(H,23,24)/t19-/m1/s1. The molecule has 0 radical (unpaired) electrons. The Morgan fingerprint density at radius 2 is 1.93 bits per heavy atom. The molecule has 5 nitrogen and oxygen atoms in total. The minimum atomic E-state index is -0.0877. The Morgan fingerprint density at radius 1 is 1.15 bits per heavy atom. The van der Waals surface area contributed by atoms with Gasteiger partial charge in [0.25, 0.3) is 5.91 Å². The van der Waals surface area contributed by atoms with Gasteiger partial charge in [0, 0.05) is 18.7 Å². The zero-order valence-corrected chi connectivity index (χ0v) is 16.0. The lowest BCUT2D eigenvalue weighted by Crippen LogP contribution is -2.22. The van der Waals surface area contributed by atoms with Gasteiger partial charge < -0.3 is 19.5 Å². The van der Waals surface area contributed by atoms with E-state index in [9.17, 15) is 4.79 Å². The first-order valence-corrected chi connectivity index (χ1v) is 9.48. The molecule has 1 N–H and O–H groups in total. The highest BCUT2D eigenvalue weighted by molar-refractivity contribution is 5.94. The maximum atomic E-state index is 12.3. The van der Waals surface area contributed by atoms with Crippen molar-refractivity contribution in [3.8, 4) is 11.5 Å². The lowest BCUT2D eigenvalue weighted by molar-refractivity contribution is 0.0669. The molecule has 1 fully saturated rings. The Kier molecular flexibility index (Phi) is 6.71. The van der Waals surface area contributed by atoms with E-state index >= 15 is 0 Å². The lowest BCUT2D eigenvalue weighted by Gasteiger charge is -2.15. The first-order chi connectivity index (χ1) is 13.2. The van der Waals surface area contributed by atoms with Crippen LogP contribution < -0.4 is 14.8 Å². The van der Waals surface area contributed by atoms with Gasteiger partial charge in [0.2, 0.25) is 0 Å². The van der Waals surface area contributed by atoms with Crippen molar-refractivity contribution in [1.82, 2.24) is 5.32 Å². The third-order valence-corrected chi connectivity index (χ3v) is 4.75. The van der Waals surface area contributed by atoms with E-state index in [1.807, 2.05) is 42.5 Å². The van der Waals surface area contributed by atoms with E-state index in [-0.39, 0.29) is 12.0 Å². The number of rotatable bonds is 8. The van der Waals surface area contributed by atoms with E-state index in [0.29, 0.717) is 30.2 Å². The second-order valence-electron chi connectivity index (χ2n) is 6.66. The first kappa shape index (κ1) is 19.2. The van der Waals surface area contributed by atoms with Crippen LogP contribution in [-0.4, -0.2) is 32.3 Å². The summed E-state index contributed by atoms with van der Waals surface area (Å²) < 4.78 is 16.9. The van der Waals surface area contributed by atoms with Gasteiger partial charge in [0.05, 0.1) is 13.2 Å². The van der Waals surface area contributed by atoms with E-state index in [1.54, 1.807) is 7.11 Å². The number of aryl methyl sites for hydroxylation is 1. The van der Waals surface area contributed by atoms with Crippen molar-refractivity contribution in [1.29, 1.82) is 0 Å². The number of hydrogen-bond acceptors (Lipinski definition) is 4. The molecule has 0 aliphatic carbocycles. The summed E-state index contributed by atoms with van der Waals surface area (Å²) in [6.07, 6.45) is 3.24. The third-order valence-electron chi connectivity index (χ3n) is 4.75. The number of amides is 1. The summed E-state index contributed by atoms with van der Waals surface area (Å²) in [6, 6.07) is 13.4. The van der Waals surface area contributed by atoms with Crippen LogP contribution in [0.3, 0.4) is 0 Å². The molecule has 3 rings (SSSR count). The average Bonchev–Trinajstić information content (AvgIpc) is 3.24. The van der Waals surface area contributed by atoms with Crippen LogP contribution in [0.1, 0.15) is 41.3 Å². The summed E-state index contributed by atoms with van der Waals surface area (Å²) in [6.45, 7) is 3.86. The SMILES string of the molecule is CCc1ccc(C(=O)NCc2ccc(OC[C@H]3CCCO3)c(OC)c2)cc1. The molecule has 1 heterocycles. The van der Waals surface area contributed by atoms with E-state index in [2.05, 4.69) is 12.2 Å². The van der Waals surface area contributed by atoms with Crippen LogP contribution in [-0.2, 0) is 17.7 Å². The molecule has 0 spiro atoms. The molecular weight excluding hydrogens is 342 g/mol. The Bertz CT molecular complexity index is 751. The van der Waals surface area contributed by atoms with Crippen molar-refractivity contribution < 1.29 is 19.0 Å². The molecule has 0 aromatic heterocycles. The molecule has 144 valence electrons. The number of nitrogens with one attached hydrogen (secondary N) is 1. The number of methoxy groups -OCH3 is 1. The summed E-state index contributed by atoms with van der Waals surface area (Å²) >= 11 is 0. The van der Waals surface area contributed by atoms with Gasteiger partial charge >= 0.3 is 0 Å². The molecule has 0 bridgehead atoms. The summed E-state index contributed by atoms with van der Waals surface area (Å²) in [5.74, 6) is 1.26. The van der Waals surface area contributed by atoms with Gasteiger partial charge in [-0.2, -0.15) is 0 Å². The number of carbonyl (C=O) groups excluding carboxylic acids is 1. The van der Waals surface area contributed by atoms with Crippen LogP contribution in [0.5, 0.6) is 11.5 Å². The van der Waals surface area contributed by atoms with Gasteiger partial charge in [-0.1, -0.05) is 25.1 Å². The quantitative estimate of drug-likeness (QED) is 0.770. The molecule has 5 heteroatoms. The van der Waals surface area contributed by atoms with Gasteiger partial charge in [-0.05, 0) is 54.7 Å². The number of carbonyl (C=O) groups is 1. The maximum Gasteiger partial charge on any atom is 0.251 e. The van der Waals surface area contributed by atoms with E-state index < -0.39 is 0 Å². The molecule has 2 aromatic carbocycles. The molecule has 0 saturated carbocycles. The van der Waals surface area contributed by atoms with Gasteiger partial charge in [0.15, 0.2) is 11.5 Å². The summed E-state index contributed by atoms with van der Waals surface area (Å²) in [7, 11) is 1.62. The molecule has 1 saturated heterocycles. The predicted molar refractivity (Wildman–Crippen MR) is 104 cm³/mol. The van der Waals surface area contributed by atoms with Gasteiger partial charge in [-0.15, -0.1) is 0 Å². The second-order valence-corrected chi connectivity index (χ2v) is 6.66. The smallest absolute Gasteiger partial charge is 0.251 e. The summed E-state index contributed by atoms with van der Waals surface area (Å²) in [5.41, 5.74) is 2.83. The van der Waals surface area contributed by atoms with Crippen LogP contribution in [0.4, 0.5) is 0 Å². The highest BCUT2D eigenvalue weighted by Crippen LogP contribution is 2.29. The fourth-order valence-corrected chi connectivity index (χ4v) is 3.08. The van der Waals surface area contributed by atoms with Crippen LogP contribution in [0.15, 0.2) is 42.5 Å². The van der Waals surface area contributed by atoms with E-state index in [1.165, 1.54) is 5.56 Å². The number of benzene rings is 2. The van der Waals surface area contributed by atoms with Crippen molar-refractivity contribution in [3.63, 3.8) is 0 Å². The Hall–Kier alpha value is -2.53. The predicted octanol–water partition coefficient (Wildman–Crippen LogP) is 3.75. The van der Waals surface area contributed by atoms with Gasteiger partial charge in [-0.25, -0.2) is 0 Å². The largest absolute Gasteiger partial charge is 0.493 e. The summed E-state index contributed by atoms with van der Waals surface area (Å²) in [5, 5.41) is 2.94. The highest BCUT2D eigenvalue weighted by Gasteiger charge is 2.17. The first-order valence-electron chi connectivity index (χ1n) is 9.48. The molecule has 0 unspecified atom stereocenters. The third kappa shape index (κ3) is 5.23. The Morgan fingerprint density at radius 3 is 2.59 bits per heavy atom. The van der Waals surface area contributed by atoms with Crippen molar-refractivity contribution in [2.45, 2.75) is 38.8 Å². The fourth-order valence-electron chi connectivity index (χ4n) is 3.08. The van der Waals surface area contributed by atoms with Crippen molar-refractivity contribution >= 4 is 5.91 Å². The van der Waals surface area contributed by atoms with E-state index in [4.69, 9.17) is 14.2 Å².